The van der Waals surface area contributed by atoms with Crippen LogP contribution in [0.1, 0.15) is 35.2 Å². The third kappa shape index (κ3) is 3.78. The number of nitrogens with one attached hydrogen (secondary N) is 2. The highest BCUT2D eigenvalue weighted by Gasteiger charge is 2.40. The number of fused-ring (bicyclic) bond motifs is 1. The van der Waals surface area contributed by atoms with Crippen LogP contribution in [0.15, 0.2) is 60.1 Å². The maximum atomic E-state index is 13.8. The summed E-state index contributed by atoms with van der Waals surface area (Å²) in [6.07, 6.45) is -3.35. The molecule has 1 aliphatic rings. The molecule has 3 aromatic rings. The predicted octanol–water partition coefficient (Wildman–Crippen LogP) is 4.84. The molecule has 1 aromatic heterocycles. The first kappa shape index (κ1) is 20.6. The molecule has 1 aliphatic heterocycles. The fraction of sp³-hybridized carbons (Fsp3) is 0.227. The van der Waals surface area contributed by atoms with Crippen molar-refractivity contribution in [3.8, 4) is 0 Å². The average Bonchev–Trinajstić information content (AvgIpc) is 3.16. The number of allylic oxidation sites excluding steroid dienone is 1. The summed E-state index contributed by atoms with van der Waals surface area (Å²) >= 11 is 0. The minimum Gasteiger partial charge on any atom is -0.328 e. The smallest absolute Gasteiger partial charge is 0.328 e. The Labute approximate surface area is 176 Å². The fourth-order valence-electron chi connectivity index (χ4n) is 3.81. The second kappa shape index (κ2) is 7.57. The van der Waals surface area contributed by atoms with Crippen molar-refractivity contribution in [3.63, 3.8) is 0 Å². The molecule has 0 radical (unpaired) electrons. The molecule has 0 unspecified atom stereocenters. The van der Waals surface area contributed by atoms with Crippen LogP contribution in [0, 0.1) is 13.8 Å². The molecule has 0 aliphatic carbocycles. The third-order valence-corrected chi connectivity index (χ3v) is 5.23. The van der Waals surface area contributed by atoms with Crippen LogP contribution in [-0.4, -0.2) is 20.7 Å². The van der Waals surface area contributed by atoms with Crippen molar-refractivity contribution in [2.75, 3.05) is 10.6 Å². The van der Waals surface area contributed by atoms with E-state index >= 15 is 0 Å². The number of nitrogens with zero attached hydrogens (tertiary/aromatic N) is 3. The first-order chi connectivity index (χ1) is 14.7. The van der Waals surface area contributed by atoms with Gasteiger partial charge in [-0.25, -0.2) is 4.68 Å². The Hall–Kier alpha value is -3.62. The summed E-state index contributed by atoms with van der Waals surface area (Å²) in [5.41, 5.74) is 2.11. The number of anilines is 2. The van der Waals surface area contributed by atoms with Gasteiger partial charge in [0.15, 0.2) is 0 Å². The molecule has 9 heteroatoms. The van der Waals surface area contributed by atoms with E-state index in [1.165, 1.54) is 29.2 Å². The highest BCUT2D eigenvalue weighted by atomic mass is 19.4. The molecule has 6 nitrogen and oxygen atoms in total. The van der Waals surface area contributed by atoms with Crippen molar-refractivity contribution in [3.05, 3.63) is 82.3 Å². The zero-order valence-corrected chi connectivity index (χ0v) is 17.1. The van der Waals surface area contributed by atoms with Crippen LogP contribution < -0.4 is 10.6 Å². The Bertz CT molecular complexity index is 1200. The van der Waals surface area contributed by atoms with Crippen molar-refractivity contribution in [1.82, 2.24) is 14.8 Å². The molecule has 1 amide bonds. The molecular formula is C22H20F3N5O. The number of hydrogen-bond donors (Lipinski definition) is 2. The van der Waals surface area contributed by atoms with Gasteiger partial charge in [-0.3, -0.25) is 4.79 Å². The summed E-state index contributed by atoms with van der Waals surface area (Å²) in [5.74, 6) is -0.248. The standard InChI is InChI=1S/C22H20F3N5O/c1-12-8-9-17(13(2)10-12)29-20(31)18-14(3)28-21-26-11-27-30(21)19(18)15-6-4-5-7-16(15)22(23,24)25/h4-11,19H,1-3H3,(H,29,31)(H,26,27,28)/t19-/m1/s1. The SMILES string of the molecule is CC1=C(C(=O)Nc2ccc(C)cc2C)[C@@H](c2ccccc2C(F)(F)F)n2ncnc2N1. The Morgan fingerprint density at radius 2 is 1.87 bits per heavy atom. The van der Waals surface area contributed by atoms with E-state index in [4.69, 9.17) is 0 Å². The quantitative estimate of drug-likeness (QED) is 0.627. The molecule has 0 fully saturated rings. The number of aryl methyl sites for hydroxylation is 2. The molecule has 4 rings (SSSR count). The minimum atomic E-state index is -4.59. The molecule has 2 aromatic carbocycles. The summed E-state index contributed by atoms with van der Waals surface area (Å²) in [4.78, 5) is 17.4. The normalized spacial score (nSPS) is 16.0. The summed E-state index contributed by atoms with van der Waals surface area (Å²) in [6.45, 7) is 5.43. The second-order valence-electron chi connectivity index (χ2n) is 7.45. The van der Waals surface area contributed by atoms with E-state index in [9.17, 15) is 18.0 Å². The largest absolute Gasteiger partial charge is 0.416 e. The van der Waals surface area contributed by atoms with Gasteiger partial charge in [0.1, 0.15) is 12.4 Å². The zero-order valence-electron chi connectivity index (χ0n) is 17.1. The Balaban J connectivity index is 1.83. The van der Waals surface area contributed by atoms with E-state index in [1.807, 2.05) is 26.0 Å². The van der Waals surface area contributed by atoms with Crippen LogP contribution in [0.2, 0.25) is 0 Å². The first-order valence-electron chi connectivity index (χ1n) is 9.59. The van der Waals surface area contributed by atoms with E-state index in [0.29, 0.717) is 11.4 Å². The number of aromatic nitrogens is 3. The minimum absolute atomic E-state index is 0.0756. The van der Waals surface area contributed by atoms with E-state index in [2.05, 4.69) is 20.7 Å². The van der Waals surface area contributed by atoms with Gasteiger partial charge in [-0.15, -0.1) is 0 Å². The fourth-order valence-corrected chi connectivity index (χ4v) is 3.81. The average molecular weight is 427 g/mol. The topological polar surface area (TPSA) is 71.8 Å². The maximum absolute atomic E-state index is 13.8. The molecule has 31 heavy (non-hydrogen) atoms. The molecule has 0 saturated heterocycles. The molecule has 0 spiro atoms. The number of rotatable bonds is 3. The van der Waals surface area contributed by atoms with Gasteiger partial charge in [-0.1, -0.05) is 35.9 Å². The molecular weight excluding hydrogens is 407 g/mol. The van der Waals surface area contributed by atoms with Crippen LogP contribution in [0.4, 0.5) is 24.8 Å². The lowest BCUT2D eigenvalue weighted by Gasteiger charge is -2.30. The predicted molar refractivity (Wildman–Crippen MR) is 110 cm³/mol. The van der Waals surface area contributed by atoms with Crippen LogP contribution in [-0.2, 0) is 11.0 Å². The molecule has 1 atom stereocenters. The monoisotopic (exact) mass is 427 g/mol. The number of amides is 1. The van der Waals surface area contributed by atoms with Crippen LogP contribution in [0.5, 0.6) is 0 Å². The molecule has 0 bridgehead atoms. The Kier molecular flexibility index (Phi) is 5.04. The highest BCUT2D eigenvalue weighted by Crippen LogP contribution is 2.41. The van der Waals surface area contributed by atoms with Gasteiger partial charge < -0.3 is 10.6 Å². The summed E-state index contributed by atoms with van der Waals surface area (Å²) in [7, 11) is 0. The zero-order chi connectivity index (χ0) is 22.3. The lowest BCUT2D eigenvalue weighted by atomic mass is 9.91. The maximum Gasteiger partial charge on any atom is 0.416 e. The molecule has 0 saturated carbocycles. The number of carbonyl (C=O) groups excluding carboxylic acids is 1. The van der Waals surface area contributed by atoms with Crippen molar-refractivity contribution < 1.29 is 18.0 Å². The van der Waals surface area contributed by atoms with Crippen molar-refractivity contribution in [2.45, 2.75) is 33.0 Å². The number of carbonyl (C=O) groups is 1. The van der Waals surface area contributed by atoms with Crippen molar-refractivity contribution in [1.29, 1.82) is 0 Å². The lowest BCUT2D eigenvalue weighted by molar-refractivity contribution is -0.138. The second-order valence-corrected chi connectivity index (χ2v) is 7.45. The lowest BCUT2D eigenvalue weighted by Crippen LogP contribution is -2.32. The summed E-state index contributed by atoms with van der Waals surface area (Å²) < 4.78 is 42.7. The van der Waals surface area contributed by atoms with Gasteiger partial charge in [-0.2, -0.15) is 23.3 Å². The van der Waals surface area contributed by atoms with Gasteiger partial charge in [-0.05, 0) is 44.0 Å². The van der Waals surface area contributed by atoms with Crippen molar-refractivity contribution in [2.24, 2.45) is 0 Å². The number of halogens is 3. The molecule has 2 heterocycles. The molecule has 2 N–H and O–H groups in total. The number of alkyl halides is 3. The van der Waals surface area contributed by atoms with Crippen LogP contribution >= 0.6 is 0 Å². The third-order valence-electron chi connectivity index (χ3n) is 5.23. The number of benzene rings is 2. The van der Waals surface area contributed by atoms with Crippen LogP contribution in [0.25, 0.3) is 0 Å². The van der Waals surface area contributed by atoms with Gasteiger partial charge in [0.05, 0.1) is 11.1 Å². The van der Waals surface area contributed by atoms with Gasteiger partial charge in [0.25, 0.3) is 5.91 Å². The summed E-state index contributed by atoms with van der Waals surface area (Å²) in [6, 6.07) is 9.65. The van der Waals surface area contributed by atoms with Gasteiger partial charge in [0.2, 0.25) is 5.95 Å². The van der Waals surface area contributed by atoms with Crippen molar-refractivity contribution >= 4 is 17.5 Å². The Morgan fingerprint density at radius 3 is 2.58 bits per heavy atom. The molecule has 160 valence electrons. The van der Waals surface area contributed by atoms with E-state index in [0.717, 1.165) is 17.2 Å². The summed E-state index contributed by atoms with van der Waals surface area (Å²) in [5, 5.41) is 9.91. The van der Waals surface area contributed by atoms with Gasteiger partial charge >= 0.3 is 6.18 Å². The first-order valence-corrected chi connectivity index (χ1v) is 9.59. The van der Waals surface area contributed by atoms with E-state index in [1.54, 1.807) is 13.0 Å². The van der Waals surface area contributed by atoms with E-state index in [-0.39, 0.29) is 17.1 Å². The van der Waals surface area contributed by atoms with E-state index < -0.39 is 23.7 Å². The van der Waals surface area contributed by atoms with Gasteiger partial charge in [0, 0.05) is 11.4 Å². The van der Waals surface area contributed by atoms with Crippen LogP contribution in [0.3, 0.4) is 0 Å². The number of hydrogen-bond acceptors (Lipinski definition) is 4. The highest BCUT2D eigenvalue weighted by molar-refractivity contribution is 6.06. The Morgan fingerprint density at radius 1 is 1.13 bits per heavy atom.